The fourth-order valence-corrected chi connectivity index (χ4v) is 2.83. The van der Waals surface area contributed by atoms with Gasteiger partial charge in [0, 0.05) is 69.9 Å². The Bertz CT molecular complexity index is 962. The molecule has 0 aliphatic rings. The predicted molar refractivity (Wildman–Crippen MR) is 135 cm³/mol. The smallest absolute Gasteiger partial charge is 0.135 e. The Labute approximate surface area is 182 Å². The van der Waals surface area contributed by atoms with Crippen molar-refractivity contribution >= 4 is 33.3 Å². The van der Waals surface area contributed by atoms with Crippen molar-refractivity contribution in [3.63, 3.8) is 0 Å². The molecule has 0 radical (unpaired) electrons. The van der Waals surface area contributed by atoms with E-state index >= 15 is 0 Å². The largest absolute Gasteiger partial charge is 0.386 e. The van der Waals surface area contributed by atoms with E-state index in [-0.39, 0.29) is 0 Å². The van der Waals surface area contributed by atoms with Gasteiger partial charge in [0.1, 0.15) is 5.82 Å². The summed E-state index contributed by atoms with van der Waals surface area (Å²) in [5.41, 5.74) is 3.53. The lowest BCUT2D eigenvalue weighted by Crippen LogP contribution is -1.92. The number of hydrogen-bond acceptors (Lipinski definition) is 4. The van der Waals surface area contributed by atoms with E-state index in [2.05, 4.69) is 42.0 Å². The second kappa shape index (κ2) is 14.9. The van der Waals surface area contributed by atoms with E-state index in [0.29, 0.717) is 0 Å². The van der Waals surface area contributed by atoms with Crippen LogP contribution in [0.3, 0.4) is 0 Å². The molecule has 4 aromatic heterocycles. The first-order valence-corrected chi connectivity index (χ1v) is 10.8. The molecule has 4 heterocycles. The van der Waals surface area contributed by atoms with Gasteiger partial charge in [0.15, 0.2) is 0 Å². The topological polar surface area (TPSA) is 59.7 Å². The van der Waals surface area contributed by atoms with E-state index in [9.17, 15) is 0 Å². The Kier molecular flexibility index (Phi) is 13.4. The lowest BCUT2D eigenvalue weighted by Gasteiger charge is -2.00. The van der Waals surface area contributed by atoms with Gasteiger partial charge in [0.05, 0.1) is 16.7 Å². The molecule has 166 valence electrons. The van der Waals surface area contributed by atoms with Gasteiger partial charge in [-0.1, -0.05) is 41.5 Å². The molecule has 0 bridgehead atoms. The Hall–Kier alpha value is -3.02. The van der Waals surface area contributed by atoms with Crippen LogP contribution in [0.2, 0.25) is 0 Å². The zero-order valence-corrected chi connectivity index (χ0v) is 20.4. The van der Waals surface area contributed by atoms with Crippen LogP contribution in [0.1, 0.15) is 41.5 Å². The number of hydrogen-bond donors (Lipinski definition) is 2. The maximum absolute atomic E-state index is 4.21. The highest BCUT2D eigenvalue weighted by atomic mass is 15.0. The first-order valence-electron chi connectivity index (χ1n) is 10.8. The van der Waals surface area contributed by atoms with Crippen LogP contribution in [-0.2, 0) is 14.1 Å². The molecule has 0 spiro atoms. The third kappa shape index (κ3) is 6.51. The van der Waals surface area contributed by atoms with Crippen molar-refractivity contribution in [2.45, 2.75) is 41.5 Å². The third-order valence-electron chi connectivity index (χ3n) is 4.11. The molecular weight excluding hydrogens is 372 g/mol. The second-order valence-corrected chi connectivity index (χ2v) is 5.57. The highest BCUT2D eigenvalue weighted by Gasteiger charge is 2.03. The molecule has 0 saturated heterocycles. The summed E-state index contributed by atoms with van der Waals surface area (Å²) in [7, 11) is 7.86. The Balaban J connectivity index is 0.000000450. The highest BCUT2D eigenvalue weighted by Crippen LogP contribution is 2.23. The van der Waals surface area contributed by atoms with Crippen molar-refractivity contribution in [3.05, 3.63) is 49.2 Å². The van der Waals surface area contributed by atoms with E-state index < -0.39 is 0 Å². The molecule has 0 aliphatic carbocycles. The van der Waals surface area contributed by atoms with Crippen LogP contribution in [0, 0.1) is 0 Å². The maximum Gasteiger partial charge on any atom is 0.135 e. The Morgan fingerprint density at radius 1 is 0.733 bits per heavy atom. The zero-order valence-electron chi connectivity index (χ0n) is 20.4. The third-order valence-corrected chi connectivity index (χ3v) is 4.11. The number of rotatable bonds is 2. The predicted octanol–water partition coefficient (Wildman–Crippen LogP) is 6.31. The van der Waals surface area contributed by atoms with Crippen molar-refractivity contribution in [1.82, 2.24) is 19.1 Å². The van der Waals surface area contributed by atoms with E-state index in [1.165, 1.54) is 21.8 Å². The summed E-state index contributed by atoms with van der Waals surface area (Å²) in [4.78, 5) is 8.30. The van der Waals surface area contributed by atoms with E-state index in [4.69, 9.17) is 0 Å². The normalized spacial score (nSPS) is 9.00. The minimum Gasteiger partial charge on any atom is -0.386 e. The summed E-state index contributed by atoms with van der Waals surface area (Å²) >= 11 is 0. The van der Waals surface area contributed by atoms with Crippen LogP contribution >= 0.6 is 0 Å². The lowest BCUT2D eigenvalue weighted by molar-refractivity contribution is 0.968. The van der Waals surface area contributed by atoms with Gasteiger partial charge in [-0.05, 0) is 18.2 Å². The van der Waals surface area contributed by atoms with Crippen LogP contribution in [0.5, 0.6) is 0 Å². The van der Waals surface area contributed by atoms with Gasteiger partial charge >= 0.3 is 0 Å². The van der Waals surface area contributed by atoms with Crippen LogP contribution in [0.4, 0.5) is 11.5 Å². The van der Waals surface area contributed by atoms with Crippen molar-refractivity contribution in [1.29, 1.82) is 0 Å². The summed E-state index contributed by atoms with van der Waals surface area (Å²) < 4.78 is 4.17. The number of aromatic nitrogens is 4. The molecular formula is C24H40N6. The van der Waals surface area contributed by atoms with E-state index in [1.807, 2.05) is 107 Å². The summed E-state index contributed by atoms with van der Waals surface area (Å²) in [6, 6.07) is 6.08. The lowest BCUT2D eigenvalue weighted by atomic mass is 10.3. The minimum absolute atomic E-state index is 0.938. The quantitative estimate of drug-likeness (QED) is 0.405. The fourth-order valence-electron chi connectivity index (χ4n) is 2.83. The van der Waals surface area contributed by atoms with Crippen LogP contribution in [-0.4, -0.2) is 33.2 Å². The molecule has 0 amide bonds. The Morgan fingerprint density at radius 3 is 1.93 bits per heavy atom. The maximum atomic E-state index is 4.21. The molecule has 0 atom stereocenters. The number of fused-ring (bicyclic) bond motifs is 2. The van der Waals surface area contributed by atoms with Crippen molar-refractivity contribution in [2.24, 2.45) is 14.1 Å². The van der Waals surface area contributed by atoms with Crippen molar-refractivity contribution < 1.29 is 0 Å². The van der Waals surface area contributed by atoms with Gasteiger partial charge in [0.2, 0.25) is 0 Å². The molecule has 0 aromatic carbocycles. The van der Waals surface area contributed by atoms with Crippen molar-refractivity contribution in [3.8, 4) is 0 Å². The molecule has 6 nitrogen and oxygen atoms in total. The Morgan fingerprint density at radius 2 is 1.33 bits per heavy atom. The minimum atomic E-state index is 0.938. The van der Waals surface area contributed by atoms with E-state index in [1.54, 1.807) is 0 Å². The molecule has 2 N–H and O–H groups in total. The average Bonchev–Trinajstić information content (AvgIpc) is 3.38. The summed E-state index contributed by atoms with van der Waals surface area (Å²) in [5.74, 6) is 0.938. The molecule has 0 aliphatic heterocycles. The first-order chi connectivity index (χ1) is 14.7. The number of aryl methyl sites for hydroxylation is 2. The van der Waals surface area contributed by atoms with Crippen LogP contribution in [0.25, 0.3) is 21.8 Å². The zero-order chi connectivity index (χ0) is 23.1. The number of anilines is 2. The average molecular weight is 413 g/mol. The van der Waals surface area contributed by atoms with Gasteiger partial charge in [0.25, 0.3) is 0 Å². The van der Waals surface area contributed by atoms with Crippen molar-refractivity contribution in [2.75, 3.05) is 24.7 Å². The molecule has 6 heteroatoms. The number of pyridine rings is 2. The first kappa shape index (κ1) is 27.0. The molecule has 0 saturated carbocycles. The van der Waals surface area contributed by atoms with Crippen LogP contribution in [0.15, 0.2) is 49.2 Å². The second-order valence-electron chi connectivity index (χ2n) is 5.57. The standard InChI is InChI=1S/2C9H11N3.3C2H6/c1-10-9-7-4-6-12(2)8(7)3-5-11-9;1-10-8-6-12(2)9-3-4-11-5-7(8)9;3*1-2/h3-6H,1-2H3,(H,10,11);3-6,10H,1-2H3;3*1-2H3. The van der Waals surface area contributed by atoms with Gasteiger partial charge in [-0.15, -0.1) is 0 Å². The molecule has 4 aromatic rings. The highest BCUT2D eigenvalue weighted by molar-refractivity contribution is 5.92. The SMILES string of the molecule is CC.CC.CC.CNc1cn(C)c2ccncc12.CNc1nccc2c1ccn2C. The summed E-state index contributed by atoms with van der Waals surface area (Å²) in [6.45, 7) is 12.0. The van der Waals surface area contributed by atoms with Gasteiger partial charge < -0.3 is 19.8 Å². The van der Waals surface area contributed by atoms with Gasteiger partial charge in [-0.25, -0.2) is 4.98 Å². The monoisotopic (exact) mass is 412 g/mol. The summed E-state index contributed by atoms with van der Waals surface area (Å²) in [6.07, 6.45) is 9.59. The van der Waals surface area contributed by atoms with Crippen LogP contribution < -0.4 is 10.6 Å². The molecule has 0 unspecified atom stereocenters. The van der Waals surface area contributed by atoms with Gasteiger partial charge in [-0.2, -0.15) is 0 Å². The fraction of sp³-hybridized carbons (Fsp3) is 0.417. The van der Waals surface area contributed by atoms with Gasteiger partial charge in [-0.3, -0.25) is 4.98 Å². The van der Waals surface area contributed by atoms with E-state index in [0.717, 1.165) is 11.5 Å². The number of nitrogens with zero attached hydrogens (tertiary/aromatic N) is 4. The molecule has 30 heavy (non-hydrogen) atoms. The molecule has 4 rings (SSSR count). The number of nitrogens with one attached hydrogen (secondary N) is 2. The molecule has 0 fully saturated rings. The summed E-state index contributed by atoms with van der Waals surface area (Å²) in [5, 5.41) is 8.53.